The Morgan fingerprint density at radius 1 is 0.897 bits per heavy atom. The van der Waals surface area contributed by atoms with Crippen LogP contribution < -0.4 is 0 Å². The quantitative estimate of drug-likeness (QED) is 0.501. The summed E-state index contributed by atoms with van der Waals surface area (Å²) in [5.74, 6) is -1.13. The molecule has 1 aliphatic rings. The van der Waals surface area contributed by atoms with Crippen LogP contribution in [0.2, 0.25) is 0 Å². The van der Waals surface area contributed by atoms with Gasteiger partial charge in [-0.2, -0.15) is 0 Å². The Morgan fingerprint density at radius 2 is 1.52 bits per heavy atom. The average Bonchev–Trinajstić information content (AvgIpc) is 3.18. The van der Waals surface area contributed by atoms with Gasteiger partial charge in [-0.25, -0.2) is 0 Å². The van der Waals surface area contributed by atoms with Crippen LogP contribution in [0.1, 0.15) is 22.4 Å². The first kappa shape index (κ1) is 19.1. The van der Waals surface area contributed by atoms with Crippen LogP contribution in [0.5, 0.6) is 0 Å². The van der Waals surface area contributed by atoms with Crippen molar-refractivity contribution in [3.05, 3.63) is 64.8 Å². The first-order chi connectivity index (χ1) is 13.9. The van der Waals surface area contributed by atoms with Gasteiger partial charge in [0.25, 0.3) is 0 Å². The summed E-state index contributed by atoms with van der Waals surface area (Å²) in [5, 5.41) is 2.26. The lowest BCUT2D eigenvalue weighted by molar-refractivity contribution is -0.168. The number of esters is 2. The van der Waals surface area contributed by atoms with E-state index in [1.165, 1.54) is 14.2 Å². The van der Waals surface area contributed by atoms with E-state index in [0.717, 1.165) is 44.4 Å². The first-order valence-corrected chi connectivity index (χ1v) is 9.57. The van der Waals surface area contributed by atoms with E-state index in [4.69, 9.17) is 14.5 Å². The van der Waals surface area contributed by atoms with E-state index in [1.807, 2.05) is 32.0 Å². The van der Waals surface area contributed by atoms with Crippen LogP contribution in [0.15, 0.2) is 42.5 Å². The van der Waals surface area contributed by atoms with Crippen LogP contribution in [0, 0.1) is 19.3 Å². The van der Waals surface area contributed by atoms with Crippen LogP contribution in [-0.4, -0.2) is 31.1 Å². The number of methoxy groups -OCH3 is 2. The van der Waals surface area contributed by atoms with Crippen LogP contribution >= 0.6 is 0 Å². The van der Waals surface area contributed by atoms with E-state index in [1.54, 1.807) is 0 Å². The SMILES string of the molecule is COC(=O)C1(C(=O)OC)Cc2c(C)nc(-c3cccc4ccccc34)c(C)c2C1. The number of fused-ring (bicyclic) bond motifs is 2. The molecule has 0 N–H and O–H groups in total. The average molecular weight is 389 g/mol. The highest BCUT2D eigenvalue weighted by Crippen LogP contribution is 2.44. The molecule has 5 heteroatoms. The number of pyridine rings is 1. The van der Waals surface area contributed by atoms with Gasteiger partial charge >= 0.3 is 11.9 Å². The van der Waals surface area contributed by atoms with Crippen molar-refractivity contribution >= 4 is 22.7 Å². The third-order valence-corrected chi connectivity index (χ3v) is 6.04. The van der Waals surface area contributed by atoms with E-state index < -0.39 is 17.4 Å². The Hall–Kier alpha value is -3.21. The molecule has 0 saturated carbocycles. The van der Waals surface area contributed by atoms with Gasteiger partial charge in [-0.15, -0.1) is 0 Å². The van der Waals surface area contributed by atoms with Crippen LogP contribution in [0.25, 0.3) is 22.0 Å². The summed E-state index contributed by atoms with van der Waals surface area (Å²) < 4.78 is 9.97. The number of aromatic nitrogens is 1. The lowest BCUT2D eigenvalue weighted by atomic mass is 9.84. The molecule has 0 saturated heterocycles. The van der Waals surface area contributed by atoms with Crippen LogP contribution in [0.4, 0.5) is 0 Å². The minimum Gasteiger partial charge on any atom is -0.468 e. The largest absolute Gasteiger partial charge is 0.468 e. The summed E-state index contributed by atoms with van der Waals surface area (Å²) in [7, 11) is 2.60. The number of hydrogen-bond donors (Lipinski definition) is 0. The molecule has 2 aromatic carbocycles. The predicted octanol–water partition coefficient (Wildman–Crippen LogP) is 3.95. The summed E-state index contributed by atoms with van der Waals surface area (Å²) in [6.07, 6.45) is 0.506. The first-order valence-electron chi connectivity index (χ1n) is 9.57. The zero-order valence-corrected chi connectivity index (χ0v) is 17.0. The zero-order valence-electron chi connectivity index (χ0n) is 17.0. The van der Waals surface area contributed by atoms with E-state index in [2.05, 4.69) is 24.3 Å². The zero-order chi connectivity index (χ0) is 20.8. The predicted molar refractivity (Wildman–Crippen MR) is 111 cm³/mol. The van der Waals surface area contributed by atoms with Crippen molar-refractivity contribution in [2.75, 3.05) is 14.2 Å². The van der Waals surface area contributed by atoms with E-state index >= 15 is 0 Å². The van der Waals surface area contributed by atoms with Gasteiger partial charge in [-0.05, 0) is 41.3 Å². The van der Waals surface area contributed by atoms with E-state index in [9.17, 15) is 9.59 Å². The second-order valence-corrected chi connectivity index (χ2v) is 7.57. The molecule has 29 heavy (non-hydrogen) atoms. The molecule has 1 heterocycles. The molecule has 148 valence electrons. The topological polar surface area (TPSA) is 65.5 Å². The van der Waals surface area contributed by atoms with Gasteiger partial charge in [0.2, 0.25) is 0 Å². The lowest BCUT2D eigenvalue weighted by Crippen LogP contribution is -2.42. The van der Waals surface area contributed by atoms with Gasteiger partial charge in [0.1, 0.15) is 0 Å². The van der Waals surface area contributed by atoms with Gasteiger partial charge in [0, 0.05) is 24.1 Å². The molecule has 3 aromatic rings. The third-order valence-electron chi connectivity index (χ3n) is 6.04. The van der Waals surface area contributed by atoms with Crippen molar-refractivity contribution in [2.24, 2.45) is 5.41 Å². The van der Waals surface area contributed by atoms with Crippen molar-refractivity contribution in [2.45, 2.75) is 26.7 Å². The molecule has 0 spiro atoms. The minimum atomic E-state index is -1.35. The van der Waals surface area contributed by atoms with Gasteiger partial charge in [0.05, 0.1) is 19.9 Å². The molecule has 5 nitrogen and oxygen atoms in total. The fraction of sp³-hybridized carbons (Fsp3) is 0.292. The number of nitrogens with zero attached hydrogens (tertiary/aromatic N) is 1. The summed E-state index contributed by atoms with van der Waals surface area (Å²) in [5.41, 5.74) is 4.29. The molecular formula is C24H23NO4. The molecule has 0 radical (unpaired) electrons. The normalized spacial score (nSPS) is 14.5. The third kappa shape index (κ3) is 2.80. The monoisotopic (exact) mass is 389 g/mol. The second-order valence-electron chi connectivity index (χ2n) is 7.57. The summed E-state index contributed by atoms with van der Waals surface area (Å²) in [4.78, 5) is 30.1. The van der Waals surface area contributed by atoms with Crippen molar-refractivity contribution in [3.8, 4) is 11.3 Å². The molecule has 4 rings (SSSR count). The number of aryl methyl sites for hydroxylation is 1. The minimum absolute atomic E-state index is 0.247. The Labute approximate surface area is 169 Å². The molecule has 1 aliphatic carbocycles. The van der Waals surface area contributed by atoms with Crippen LogP contribution in [0.3, 0.4) is 0 Å². The highest BCUT2D eigenvalue weighted by molar-refractivity contribution is 6.02. The smallest absolute Gasteiger partial charge is 0.323 e. The van der Waals surface area contributed by atoms with Crippen molar-refractivity contribution < 1.29 is 19.1 Å². The molecular weight excluding hydrogens is 366 g/mol. The maximum atomic E-state index is 12.6. The fourth-order valence-corrected chi connectivity index (χ4v) is 4.50. The fourth-order valence-electron chi connectivity index (χ4n) is 4.50. The number of rotatable bonds is 3. The maximum Gasteiger partial charge on any atom is 0.323 e. The Morgan fingerprint density at radius 3 is 2.21 bits per heavy atom. The highest BCUT2D eigenvalue weighted by Gasteiger charge is 2.53. The summed E-state index contributed by atoms with van der Waals surface area (Å²) in [6, 6.07) is 14.4. The molecule has 0 atom stereocenters. The Kier molecular flexibility index (Phi) is 4.61. The van der Waals surface area contributed by atoms with Crippen molar-refractivity contribution in [1.29, 1.82) is 0 Å². The number of hydrogen-bond acceptors (Lipinski definition) is 5. The maximum absolute atomic E-state index is 12.6. The van der Waals surface area contributed by atoms with Crippen molar-refractivity contribution in [3.63, 3.8) is 0 Å². The van der Waals surface area contributed by atoms with E-state index in [-0.39, 0.29) is 12.8 Å². The van der Waals surface area contributed by atoms with Gasteiger partial charge < -0.3 is 9.47 Å². The number of carbonyl (C=O) groups is 2. The Balaban J connectivity index is 1.92. The summed E-state index contributed by atoms with van der Waals surface area (Å²) >= 11 is 0. The van der Waals surface area contributed by atoms with Crippen LogP contribution in [-0.2, 0) is 31.9 Å². The number of ether oxygens (including phenoxy) is 2. The number of carbonyl (C=O) groups excluding carboxylic acids is 2. The highest BCUT2D eigenvalue weighted by atomic mass is 16.5. The van der Waals surface area contributed by atoms with Gasteiger partial charge in [-0.3, -0.25) is 14.6 Å². The molecule has 0 unspecified atom stereocenters. The van der Waals surface area contributed by atoms with E-state index in [0.29, 0.717) is 0 Å². The molecule has 0 bridgehead atoms. The second kappa shape index (κ2) is 6.99. The van der Waals surface area contributed by atoms with Gasteiger partial charge in [0.15, 0.2) is 5.41 Å². The molecule has 0 aliphatic heterocycles. The lowest BCUT2D eigenvalue weighted by Gasteiger charge is -2.22. The Bertz CT molecular complexity index is 1130. The standard InChI is InChI=1S/C24H23NO4/c1-14-19-12-24(22(26)28-3,23(27)29-4)13-20(19)15(2)25-21(14)18-11-7-9-16-8-5-6-10-17(16)18/h5-11H,12-13H2,1-4H3. The van der Waals surface area contributed by atoms with Crippen molar-refractivity contribution in [1.82, 2.24) is 4.98 Å². The molecule has 0 fully saturated rings. The number of benzene rings is 2. The molecule has 0 amide bonds. The molecule has 1 aromatic heterocycles. The summed E-state index contributed by atoms with van der Waals surface area (Å²) in [6.45, 7) is 3.94. The van der Waals surface area contributed by atoms with Gasteiger partial charge in [-0.1, -0.05) is 42.5 Å².